The molecule has 0 aromatic heterocycles. The molecule has 8 heteroatoms. The summed E-state index contributed by atoms with van der Waals surface area (Å²) < 4.78 is 0. The minimum Gasteiger partial charge on any atom is -0.358 e. The highest BCUT2D eigenvalue weighted by Crippen LogP contribution is 2.54. The van der Waals surface area contributed by atoms with Gasteiger partial charge in [0.2, 0.25) is 11.8 Å². The summed E-state index contributed by atoms with van der Waals surface area (Å²) >= 11 is 0. The van der Waals surface area contributed by atoms with Crippen molar-refractivity contribution in [3.05, 3.63) is 117 Å². The number of benzene rings is 3. The molecule has 0 N–H and O–H groups in total. The standard InChI is InChI=1S/C29H23N3O5/c1-17(18-7-3-2-4-8-18)31-28(34)23-24(29(31)35)26(27(33)20-11-13-21(14-12-20)32(36)37)30-16-15-19-9-5-6-10-22(19)25(23)30/h2-17,23-26H,1H3/t17-,23+,24-,25?,26+/m0/s1. The quantitative estimate of drug-likeness (QED) is 0.224. The SMILES string of the molecule is C[C@@H](c1ccccc1)N1C(=O)[C@H]2[C@@H](C1=O)C1c3ccccc3C=CN1[C@H]2C(=O)c1ccc([N+](=O)[O-])cc1. The van der Waals surface area contributed by atoms with Crippen molar-refractivity contribution < 1.29 is 19.3 Å². The van der Waals surface area contributed by atoms with Gasteiger partial charge in [-0.15, -0.1) is 0 Å². The molecular weight excluding hydrogens is 470 g/mol. The van der Waals surface area contributed by atoms with E-state index in [1.165, 1.54) is 29.2 Å². The molecule has 2 saturated heterocycles. The van der Waals surface area contributed by atoms with Gasteiger partial charge in [0.05, 0.1) is 28.8 Å². The molecule has 1 unspecified atom stereocenters. The molecule has 3 aromatic carbocycles. The van der Waals surface area contributed by atoms with Crippen LogP contribution >= 0.6 is 0 Å². The van der Waals surface area contributed by atoms with E-state index in [1.807, 2.05) is 72.5 Å². The van der Waals surface area contributed by atoms with Crippen molar-refractivity contribution in [2.45, 2.75) is 25.0 Å². The van der Waals surface area contributed by atoms with Crippen LogP contribution in [0.4, 0.5) is 5.69 Å². The molecule has 2 fully saturated rings. The van der Waals surface area contributed by atoms with Crippen LogP contribution in [0, 0.1) is 22.0 Å². The number of hydrogen-bond donors (Lipinski definition) is 0. The summed E-state index contributed by atoms with van der Waals surface area (Å²) in [4.78, 5) is 55.6. The Morgan fingerprint density at radius 1 is 0.892 bits per heavy atom. The Labute approximate surface area is 213 Å². The fourth-order valence-electron chi connectivity index (χ4n) is 6.06. The molecule has 6 rings (SSSR count). The lowest BCUT2D eigenvalue weighted by molar-refractivity contribution is -0.384. The van der Waals surface area contributed by atoms with E-state index in [2.05, 4.69) is 0 Å². The fourth-order valence-corrected chi connectivity index (χ4v) is 6.06. The van der Waals surface area contributed by atoms with Crippen LogP contribution in [0.5, 0.6) is 0 Å². The number of rotatable bonds is 5. The third kappa shape index (κ3) is 3.40. The topological polar surface area (TPSA) is 101 Å². The summed E-state index contributed by atoms with van der Waals surface area (Å²) in [6.45, 7) is 1.83. The Balaban J connectivity index is 1.45. The first-order valence-electron chi connectivity index (χ1n) is 12.1. The van der Waals surface area contributed by atoms with Gasteiger partial charge in [-0.25, -0.2) is 0 Å². The molecule has 0 bridgehead atoms. The molecule has 0 aliphatic carbocycles. The van der Waals surface area contributed by atoms with Crippen molar-refractivity contribution in [3.63, 3.8) is 0 Å². The second-order valence-corrected chi connectivity index (χ2v) is 9.63. The van der Waals surface area contributed by atoms with Crippen molar-refractivity contribution in [2.75, 3.05) is 0 Å². The second kappa shape index (κ2) is 8.51. The zero-order valence-electron chi connectivity index (χ0n) is 19.9. The highest BCUT2D eigenvalue weighted by Gasteiger charge is 2.64. The summed E-state index contributed by atoms with van der Waals surface area (Å²) in [6, 6.07) is 20.6. The van der Waals surface area contributed by atoms with Gasteiger partial charge in [0.15, 0.2) is 5.78 Å². The predicted molar refractivity (Wildman–Crippen MR) is 135 cm³/mol. The van der Waals surface area contributed by atoms with Crippen LogP contribution < -0.4 is 0 Å². The van der Waals surface area contributed by atoms with Gasteiger partial charge in [0.25, 0.3) is 5.69 Å². The van der Waals surface area contributed by atoms with Crippen molar-refractivity contribution in [1.82, 2.24) is 9.80 Å². The number of amides is 2. The first-order valence-corrected chi connectivity index (χ1v) is 12.1. The van der Waals surface area contributed by atoms with Crippen LogP contribution in [0.25, 0.3) is 6.08 Å². The van der Waals surface area contributed by atoms with Gasteiger partial charge in [-0.3, -0.25) is 29.4 Å². The van der Waals surface area contributed by atoms with E-state index >= 15 is 0 Å². The van der Waals surface area contributed by atoms with E-state index in [1.54, 1.807) is 6.20 Å². The average molecular weight is 494 g/mol. The van der Waals surface area contributed by atoms with Gasteiger partial charge in [-0.05, 0) is 41.8 Å². The molecule has 0 saturated carbocycles. The smallest absolute Gasteiger partial charge is 0.269 e. The van der Waals surface area contributed by atoms with Crippen molar-refractivity contribution in [3.8, 4) is 0 Å². The predicted octanol–water partition coefficient (Wildman–Crippen LogP) is 4.55. The van der Waals surface area contributed by atoms with Crippen molar-refractivity contribution in [2.24, 2.45) is 11.8 Å². The molecule has 8 nitrogen and oxygen atoms in total. The van der Waals surface area contributed by atoms with Crippen molar-refractivity contribution in [1.29, 1.82) is 0 Å². The first-order chi connectivity index (χ1) is 17.9. The van der Waals surface area contributed by atoms with Crippen LogP contribution in [0.1, 0.15) is 46.1 Å². The monoisotopic (exact) mass is 493 g/mol. The number of ketones is 1. The summed E-state index contributed by atoms with van der Waals surface area (Å²) in [7, 11) is 0. The first kappa shape index (κ1) is 22.8. The largest absolute Gasteiger partial charge is 0.358 e. The average Bonchev–Trinajstić information content (AvgIpc) is 3.40. The highest BCUT2D eigenvalue weighted by molar-refractivity contribution is 6.12. The van der Waals surface area contributed by atoms with E-state index in [4.69, 9.17) is 0 Å². The van der Waals surface area contributed by atoms with Crippen LogP contribution in [0.3, 0.4) is 0 Å². The fraction of sp³-hybridized carbons (Fsp3) is 0.207. The molecular formula is C29H23N3O5. The summed E-state index contributed by atoms with van der Waals surface area (Å²) in [5.41, 5.74) is 2.82. The Morgan fingerprint density at radius 3 is 2.24 bits per heavy atom. The number of hydrogen-bond acceptors (Lipinski definition) is 6. The van der Waals surface area contributed by atoms with Gasteiger partial charge in [0.1, 0.15) is 6.04 Å². The Morgan fingerprint density at radius 2 is 1.54 bits per heavy atom. The van der Waals surface area contributed by atoms with Crippen LogP contribution in [-0.4, -0.2) is 38.4 Å². The van der Waals surface area contributed by atoms with Gasteiger partial charge >= 0.3 is 0 Å². The maximum atomic E-state index is 14.0. The Bertz CT molecular complexity index is 1470. The normalized spacial score (nSPS) is 24.5. The number of carbonyl (C=O) groups excluding carboxylic acids is 3. The number of fused-ring (bicyclic) bond motifs is 5. The Kier molecular flexibility index (Phi) is 5.26. The molecule has 3 aliphatic heterocycles. The molecule has 3 aromatic rings. The molecule has 184 valence electrons. The number of nitrogens with zero attached hydrogens (tertiary/aromatic N) is 3. The van der Waals surface area contributed by atoms with Crippen LogP contribution in [0.15, 0.2) is 85.1 Å². The minimum absolute atomic E-state index is 0.125. The lowest BCUT2D eigenvalue weighted by Crippen LogP contribution is -2.44. The van der Waals surface area contributed by atoms with Gasteiger partial charge in [0, 0.05) is 23.9 Å². The van der Waals surface area contributed by atoms with E-state index in [9.17, 15) is 24.5 Å². The molecule has 37 heavy (non-hydrogen) atoms. The van der Waals surface area contributed by atoms with E-state index in [0.29, 0.717) is 0 Å². The third-order valence-electron chi connectivity index (χ3n) is 7.80. The molecule has 3 heterocycles. The summed E-state index contributed by atoms with van der Waals surface area (Å²) in [5.74, 6) is -2.59. The number of imide groups is 1. The molecule has 0 spiro atoms. The zero-order chi connectivity index (χ0) is 25.8. The maximum absolute atomic E-state index is 14.0. The lowest BCUT2D eigenvalue weighted by atomic mass is 9.83. The number of likely N-dealkylation sites (tertiary alicyclic amines) is 1. The summed E-state index contributed by atoms with van der Waals surface area (Å²) in [5, 5.41) is 11.1. The van der Waals surface area contributed by atoms with Gasteiger partial charge in [-0.2, -0.15) is 0 Å². The molecule has 0 radical (unpaired) electrons. The number of non-ortho nitro benzene ring substituents is 1. The van der Waals surface area contributed by atoms with E-state index in [0.717, 1.165) is 16.7 Å². The maximum Gasteiger partial charge on any atom is 0.269 e. The van der Waals surface area contributed by atoms with Gasteiger partial charge in [-0.1, -0.05) is 54.6 Å². The lowest BCUT2D eigenvalue weighted by Gasteiger charge is -2.36. The number of Topliss-reactive ketones (excluding diaryl/α,β-unsaturated/α-hetero) is 1. The van der Waals surface area contributed by atoms with Gasteiger partial charge < -0.3 is 4.90 Å². The molecule has 3 aliphatic rings. The Hall–Kier alpha value is -4.59. The van der Waals surface area contributed by atoms with Crippen LogP contribution in [0.2, 0.25) is 0 Å². The molecule has 2 amide bonds. The highest BCUT2D eigenvalue weighted by atomic mass is 16.6. The van der Waals surface area contributed by atoms with E-state index in [-0.39, 0.29) is 28.8 Å². The zero-order valence-corrected chi connectivity index (χ0v) is 19.9. The summed E-state index contributed by atoms with van der Waals surface area (Å²) in [6.07, 6.45) is 3.69. The van der Waals surface area contributed by atoms with Crippen molar-refractivity contribution >= 4 is 29.4 Å². The van der Waals surface area contributed by atoms with E-state index < -0.39 is 34.9 Å². The third-order valence-corrected chi connectivity index (χ3v) is 7.80. The number of carbonyl (C=O) groups is 3. The molecule has 5 atom stereocenters. The van der Waals surface area contributed by atoms with Crippen LogP contribution in [-0.2, 0) is 9.59 Å². The minimum atomic E-state index is -0.912. The number of nitro benzene ring substituents is 1. The number of nitro groups is 1. The second-order valence-electron chi connectivity index (χ2n) is 9.63.